The van der Waals surface area contributed by atoms with Crippen LogP contribution in [0.4, 0.5) is 5.69 Å². The van der Waals surface area contributed by atoms with Gasteiger partial charge < -0.3 is 10.5 Å². The minimum Gasteiger partial charge on any atom is -0.456 e. The minimum absolute atomic E-state index is 0.286. The van der Waals surface area contributed by atoms with Gasteiger partial charge in [0.1, 0.15) is 17.6 Å². The second-order valence-electron chi connectivity index (χ2n) is 5.07. The van der Waals surface area contributed by atoms with E-state index in [1.165, 1.54) is 0 Å². The molecule has 5 nitrogen and oxygen atoms in total. The van der Waals surface area contributed by atoms with Crippen LogP contribution >= 0.6 is 0 Å². The van der Waals surface area contributed by atoms with E-state index >= 15 is 0 Å². The number of rotatable bonds is 4. The Morgan fingerprint density at radius 3 is 2.58 bits per heavy atom. The molecule has 0 bridgehead atoms. The molecule has 0 radical (unpaired) electrons. The molecule has 0 aliphatic rings. The second-order valence-corrected chi connectivity index (χ2v) is 5.07. The lowest BCUT2D eigenvalue weighted by Crippen LogP contribution is -2.06. The average Bonchev–Trinajstić information content (AvgIpc) is 2.64. The molecular formula is C19H14N4O. The van der Waals surface area contributed by atoms with Gasteiger partial charge in [0.15, 0.2) is 0 Å². The molecule has 3 rings (SSSR count). The fourth-order valence-electron chi connectivity index (χ4n) is 2.26. The van der Waals surface area contributed by atoms with Gasteiger partial charge in [0, 0.05) is 29.2 Å². The Balaban J connectivity index is 1.95. The van der Waals surface area contributed by atoms with Gasteiger partial charge >= 0.3 is 0 Å². The highest BCUT2D eigenvalue weighted by Gasteiger charge is 2.11. The molecule has 0 aliphatic heterocycles. The number of benzene rings is 2. The number of nitrogens with two attached hydrogens (primary N) is 1. The third-order valence-electron chi connectivity index (χ3n) is 3.50. The van der Waals surface area contributed by atoms with E-state index < -0.39 is 0 Å². The van der Waals surface area contributed by atoms with Gasteiger partial charge in [-0.1, -0.05) is 12.1 Å². The summed E-state index contributed by atoms with van der Waals surface area (Å²) in [7, 11) is 0. The molecule has 0 saturated heterocycles. The van der Waals surface area contributed by atoms with Crippen LogP contribution in [-0.4, -0.2) is 10.7 Å². The zero-order chi connectivity index (χ0) is 16.9. The number of ether oxygens (including phenoxy) is 1. The molecule has 1 aromatic heterocycles. The summed E-state index contributed by atoms with van der Waals surface area (Å²) in [6, 6.07) is 17.7. The van der Waals surface area contributed by atoms with E-state index in [4.69, 9.17) is 21.1 Å². The number of nitriles is 1. The van der Waals surface area contributed by atoms with Gasteiger partial charge in [0.05, 0.1) is 11.3 Å². The number of hydrogen-bond acceptors (Lipinski definition) is 5. The number of nitrogen functional groups attached to an aromatic ring is 1. The molecule has 3 aromatic rings. The molecule has 0 unspecified atom stereocenters. The highest BCUT2D eigenvalue weighted by atomic mass is 16.5. The van der Waals surface area contributed by atoms with Crippen LogP contribution in [0, 0.1) is 16.7 Å². The highest BCUT2D eigenvalue weighted by molar-refractivity contribution is 6.13. The van der Waals surface area contributed by atoms with Crippen molar-refractivity contribution in [2.75, 3.05) is 5.73 Å². The van der Waals surface area contributed by atoms with E-state index in [9.17, 15) is 0 Å². The summed E-state index contributed by atoms with van der Waals surface area (Å²) in [6.07, 6.45) is 3.26. The van der Waals surface area contributed by atoms with Gasteiger partial charge in [-0.05, 0) is 42.5 Å². The third-order valence-corrected chi connectivity index (χ3v) is 3.50. The maximum absolute atomic E-state index is 9.14. The lowest BCUT2D eigenvalue weighted by molar-refractivity contribution is 0.481. The van der Waals surface area contributed by atoms with E-state index in [1.54, 1.807) is 67.0 Å². The maximum Gasteiger partial charge on any atom is 0.145 e. The molecule has 0 aliphatic carbocycles. The largest absolute Gasteiger partial charge is 0.456 e. The van der Waals surface area contributed by atoms with Crippen molar-refractivity contribution >= 4 is 11.4 Å². The summed E-state index contributed by atoms with van der Waals surface area (Å²) in [5.41, 5.74) is 8.50. The summed E-state index contributed by atoms with van der Waals surface area (Å²) in [4.78, 5) is 3.95. The number of hydrogen-bond donors (Lipinski definition) is 2. The molecule has 0 fully saturated rings. The van der Waals surface area contributed by atoms with Crippen molar-refractivity contribution in [1.29, 1.82) is 10.7 Å². The first kappa shape index (κ1) is 15.3. The first-order chi connectivity index (χ1) is 11.7. The van der Waals surface area contributed by atoms with Crippen molar-refractivity contribution in [2.24, 2.45) is 0 Å². The lowest BCUT2D eigenvalue weighted by atomic mass is 10.0. The van der Waals surface area contributed by atoms with Gasteiger partial charge in [-0.25, -0.2) is 0 Å². The molecule has 0 saturated carbocycles. The van der Waals surface area contributed by atoms with Crippen LogP contribution in [0.15, 0.2) is 67.0 Å². The maximum atomic E-state index is 9.14. The number of anilines is 1. The fraction of sp³-hybridized carbons (Fsp3) is 0. The molecular weight excluding hydrogens is 300 g/mol. The Morgan fingerprint density at radius 2 is 1.83 bits per heavy atom. The predicted molar refractivity (Wildman–Crippen MR) is 92.3 cm³/mol. The summed E-state index contributed by atoms with van der Waals surface area (Å²) >= 11 is 0. The third kappa shape index (κ3) is 3.08. The molecule has 0 atom stereocenters. The van der Waals surface area contributed by atoms with Crippen LogP contribution in [-0.2, 0) is 0 Å². The quantitative estimate of drug-likeness (QED) is 0.566. The fourth-order valence-corrected chi connectivity index (χ4v) is 2.26. The zero-order valence-corrected chi connectivity index (χ0v) is 12.7. The van der Waals surface area contributed by atoms with Crippen LogP contribution in [0.1, 0.15) is 16.7 Å². The standard InChI is InChI=1S/C19H14N4O/c20-12-14-3-1-2-4-18(14)24-15-5-6-17(21)16(11-15)19(22)13-7-9-23-10-8-13/h1-11,22H,21H2. The SMILES string of the molecule is N#Cc1ccccc1Oc1ccc(N)c(C(=N)c2ccncc2)c1. The van der Waals surface area contributed by atoms with Crippen LogP contribution in [0.3, 0.4) is 0 Å². The Labute approximate surface area is 139 Å². The van der Waals surface area contributed by atoms with Crippen molar-refractivity contribution in [3.05, 3.63) is 83.7 Å². The number of nitrogens with one attached hydrogen (secondary N) is 1. The molecule has 116 valence electrons. The van der Waals surface area contributed by atoms with E-state index in [1.807, 2.05) is 0 Å². The van der Waals surface area contributed by atoms with Crippen molar-refractivity contribution in [3.63, 3.8) is 0 Å². The van der Waals surface area contributed by atoms with E-state index in [0.717, 1.165) is 0 Å². The monoisotopic (exact) mass is 314 g/mol. The van der Waals surface area contributed by atoms with Crippen molar-refractivity contribution in [2.45, 2.75) is 0 Å². The second kappa shape index (κ2) is 6.63. The predicted octanol–water partition coefficient (Wildman–Crippen LogP) is 3.74. The Hall–Kier alpha value is -3.65. The molecule has 0 spiro atoms. The van der Waals surface area contributed by atoms with Gasteiger partial charge in [0.2, 0.25) is 0 Å². The summed E-state index contributed by atoms with van der Waals surface area (Å²) in [5, 5.41) is 17.5. The molecule has 1 heterocycles. The Bertz CT molecular complexity index is 930. The Morgan fingerprint density at radius 1 is 1.08 bits per heavy atom. The van der Waals surface area contributed by atoms with Crippen LogP contribution < -0.4 is 10.5 Å². The van der Waals surface area contributed by atoms with Crippen molar-refractivity contribution < 1.29 is 4.74 Å². The summed E-state index contributed by atoms with van der Waals surface area (Å²) in [6.45, 7) is 0. The van der Waals surface area contributed by atoms with Crippen molar-refractivity contribution in [3.8, 4) is 17.6 Å². The number of aromatic nitrogens is 1. The van der Waals surface area contributed by atoms with E-state index in [0.29, 0.717) is 33.9 Å². The van der Waals surface area contributed by atoms with E-state index in [2.05, 4.69) is 11.1 Å². The van der Waals surface area contributed by atoms with Crippen molar-refractivity contribution in [1.82, 2.24) is 4.98 Å². The molecule has 5 heteroatoms. The van der Waals surface area contributed by atoms with Gasteiger partial charge in [-0.2, -0.15) is 5.26 Å². The first-order valence-corrected chi connectivity index (χ1v) is 7.25. The van der Waals surface area contributed by atoms with Gasteiger partial charge in [-0.3, -0.25) is 10.4 Å². The average molecular weight is 314 g/mol. The van der Waals surface area contributed by atoms with Crippen LogP contribution in [0.25, 0.3) is 0 Å². The van der Waals surface area contributed by atoms with Gasteiger partial charge in [0.25, 0.3) is 0 Å². The Kier molecular flexibility index (Phi) is 4.21. The molecule has 3 N–H and O–H groups in total. The molecule has 24 heavy (non-hydrogen) atoms. The highest BCUT2D eigenvalue weighted by Crippen LogP contribution is 2.28. The summed E-state index contributed by atoms with van der Waals surface area (Å²) < 4.78 is 5.80. The van der Waals surface area contributed by atoms with Gasteiger partial charge in [-0.15, -0.1) is 0 Å². The normalized spacial score (nSPS) is 9.96. The summed E-state index contributed by atoms with van der Waals surface area (Å²) in [5.74, 6) is 0.979. The topological polar surface area (TPSA) is 95.8 Å². The molecule has 0 amide bonds. The smallest absolute Gasteiger partial charge is 0.145 e. The lowest BCUT2D eigenvalue weighted by Gasteiger charge is -2.12. The van der Waals surface area contributed by atoms with Crippen LogP contribution in [0.5, 0.6) is 11.5 Å². The van der Waals surface area contributed by atoms with E-state index in [-0.39, 0.29) is 5.71 Å². The molecule has 2 aromatic carbocycles. The number of para-hydroxylation sites is 1. The number of pyridine rings is 1. The van der Waals surface area contributed by atoms with Crippen LogP contribution in [0.2, 0.25) is 0 Å². The minimum atomic E-state index is 0.286. The first-order valence-electron chi connectivity index (χ1n) is 7.25. The zero-order valence-electron chi connectivity index (χ0n) is 12.7. The number of nitrogens with zero attached hydrogens (tertiary/aromatic N) is 2.